The molecule has 0 radical (unpaired) electrons. The van der Waals surface area contributed by atoms with Crippen LogP contribution >= 0.6 is 0 Å². The number of carbonyl (C=O) groups excluding carboxylic acids is 2. The smallest absolute Gasteiger partial charge is 0.253 e. The second kappa shape index (κ2) is 5.92. The van der Waals surface area contributed by atoms with Crippen LogP contribution in [0, 0.1) is 5.92 Å². The zero-order valence-electron chi connectivity index (χ0n) is 13.9. The van der Waals surface area contributed by atoms with Gasteiger partial charge < -0.3 is 14.4 Å². The zero-order chi connectivity index (χ0) is 16.7. The van der Waals surface area contributed by atoms with Crippen molar-refractivity contribution in [3.63, 3.8) is 0 Å². The third kappa shape index (κ3) is 2.77. The van der Waals surface area contributed by atoms with Crippen LogP contribution in [0.5, 0.6) is 0 Å². The number of aryl methyl sites for hydroxylation is 1. The minimum atomic E-state index is 0.0308. The average Bonchev–Trinajstić information content (AvgIpc) is 3.41. The lowest BCUT2D eigenvalue weighted by molar-refractivity contribution is -0.132. The van der Waals surface area contributed by atoms with Crippen molar-refractivity contribution in [2.24, 2.45) is 13.0 Å². The topological polar surface area (TPSA) is 58.4 Å². The maximum absolute atomic E-state index is 12.8. The van der Waals surface area contributed by atoms with E-state index in [1.54, 1.807) is 6.33 Å². The fraction of sp³-hybridized carbons (Fsp3) is 0.500. The molecule has 0 unspecified atom stereocenters. The van der Waals surface area contributed by atoms with E-state index in [1.807, 2.05) is 39.6 Å². The van der Waals surface area contributed by atoms with E-state index in [1.165, 1.54) is 0 Å². The number of carbonyl (C=O) groups is 2. The van der Waals surface area contributed by atoms with E-state index in [4.69, 9.17) is 0 Å². The second-order valence-corrected chi connectivity index (χ2v) is 6.80. The Bertz CT molecular complexity index is 793. The Kier molecular flexibility index (Phi) is 3.75. The Hall–Kier alpha value is -2.37. The number of aromatic nitrogens is 2. The van der Waals surface area contributed by atoms with Crippen LogP contribution in [-0.2, 0) is 11.8 Å². The van der Waals surface area contributed by atoms with Gasteiger partial charge in [0.15, 0.2) is 0 Å². The molecule has 24 heavy (non-hydrogen) atoms. The van der Waals surface area contributed by atoms with E-state index in [0.29, 0.717) is 25.2 Å². The van der Waals surface area contributed by atoms with E-state index in [0.717, 1.165) is 36.8 Å². The van der Waals surface area contributed by atoms with E-state index < -0.39 is 0 Å². The van der Waals surface area contributed by atoms with Gasteiger partial charge in [-0.2, -0.15) is 0 Å². The molecule has 0 bridgehead atoms. The van der Waals surface area contributed by atoms with Crippen LogP contribution in [0.3, 0.4) is 0 Å². The maximum atomic E-state index is 12.8. The molecule has 1 aliphatic carbocycles. The molecule has 0 atom stereocenters. The summed E-state index contributed by atoms with van der Waals surface area (Å²) >= 11 is 0. The highest BCUT2D eigenvalue weighted by atomic mass is 16.2. The molecule has 2 amide bonds. The van der Waals surface area contributed by atoms with Crippen LogP contribution in [0.4, 0.5) is 0 Å². The molecule has 0 N–H and O–H groups in total. The Labute approximate surface area is 141 Å². The lowest BCUT2D eigenvalue weighted by Crippen LogP contribution is -2.37. The molecule has 2 heterocycles. The van der Waals surface area contributed by atoms with Crippen LogP contribution < -0.4 is 0 Å². The Morgan fingerprint density at radius 1 is 1.08 bits per heavy atom. The predicted molar refractivity (Wildman–Crippen MR) is 90.5 cm³/mol. The molecule has 1 aromatic carbocycles. The summed E-state index contributed by atoms with van der Waals surface area (Å²) in [5.41, 5.74) is 2.52. The third-order valence-electron chi connectivity index (χ3n) is 4.99. The molecular formula is C18H22N4O2. The number of benzene rings is 1. The van der Waals surface area contributed by atoms with Crippen molar-refractivity contribution in [2.75, 3.05) is 26.2 Å². The highest BCUT2D eigenvalue weighted by molar-refractivity contribution is 5.97. The van der Waals surface area contributed by atoms with Crippen molar-refractivity contribution in [2.45, 2.75) is 19.3 Å². The number of rotatable bonds is 2. The van der Waals surface area contributed by atoms with Gasteiger partial charge in [0.05, 0.1) is 17.4 Å². The SMILES string of the molecule is Cn1cnc2cc(C(=O)N3CCCN(C(=O)C4CC4)CC3)ccc21. The van der Waals surface area contributed by atoms with Crippen molar-refractivity contribution in [3.05, 3.63) is 30.1 Å². The molecule has 4 rings (SSSR count). The number of amides is 2. The maximum Gasteiger partial charge on any atom is 0.253 e. The first-order valence-electron chi connectivity index (χ1n) is 8.62. The Morgan fingerprint density at radius 2 is 1.83 bits per heavy atom. The van der Waals surface area contributed by atoms with Gasteiger partial charge >= 0.3 is 0 Å². The van der Waals surface area contributed by atoms with Crippen LogP contribution in [-0.4, -0.2) is 57.3 Å². The molecule has 0 spiro atoms. The van der Waals surface area contributed by atoms with E-state index in [-0.39, 0.29) is 17.7 Å². The minimum absolute atomic E-state index is 0.0308. The molecule has 1 aromatic heterocycles. The van der Waals surface area contributed by atoms with Gasteiger partial charge in [-0.05, 0) is 37.5 Å². The molecule has 2 fully saturated rings. The highest BCUT2D eigenvalue weighted by Gasteiger charge is 2.34. The summed E-state index contributed by atoms with van der Waals surface area (Å²) in [5.74, 6) is 0.557. The van der Waals surface area contributed by atoms with Gasteiger partial charge in [0, 0.05) is 44.7 Å². The van der Waals surface area contributed by atoms with E-state index >= 15 is 0 Å². The third-order valence-corrected chi connectivity index (χ3v) is 4.99. The summed E-state index contributed by atoms with van der Waals surface area (Å²) in [6.07, 6.45) is 4.66. The first-order chi connectivity index (χ1) is 11.6. The van der Waals surface area contributed by atoms with Crippen molar-refractivity contribution >= 4 is 22.8 Å². The fourth-order valence-electron chi connectivity index (χ4n) is 3.38. The highest BCUT2D eigenvalue weighted by Crippen LogP contribution is 2.31. The number of hydrogen-bond acceptors (Lipinski definition) is 3. The Morgan fingerprint density at radius 3 is 2.62 bits per heavy atom. The molecule has 6 heteroatoms. The van der Waals surface area contributed by atoms with Gasteiger partial charge in [-0.15, -0.1) is 0 Å². The number of hydrogen-bond donors (Lipinski definition) is 0. The molecule has 2 aliphatic rings. The second-order valence-electron chi connectivity index (χ2n) is 6.80. The summed E-state index contributed by atoms with van der Waals surface area (Å²) < 4.78 is 1.94. The predicted octanol–water partition coefficient (Wildman–Crippen LogP) is 1.66. The van der Waals surface area contributed by atoms with Crippen LogP contribution in [0.25, 0.3) is 11.0 Å². The van der Waals surface area contributed by atoms with Gasteiger partial charge in [-0.1, -0.05) is 0 Å². The summed E-state index contributed by atoms with van der Waals surface area (Å²) in [4.78, 5) is 33.2. The lowest BCUT2D eigenvalue weighted by Gasteiger charge is -2.22. The molecule has 6 nitrogen and oxygen atoms in total. The minimum Gasteiger partial charge on any atom is -0.341 e. The van der Waals surface area contributed by atoms with E-state index in [9.17, 15) is 9.59 Å². The quantitative estimate of drug-likeness (QED) is 0.843. The molecule has 2 aromatic rings. The monoisotopic (exact) mass is 326 g/mol. The summed E-state index contributed by atoms with van der Waals surface area (Å²) in [7, 11) is 1.94. The van der Waals surface area contributed by atoms with Crippen molar-refractivity contribution < 1.29 is 9.59 Å². The standard InChI is InChI=1S/C18H22N4O2/c1-20-12-19-15-11-14(5-6-16(15)20)18(24)22-8-2-7-21(9-10-22)17(23)13-3-4-13/h5-6,11-13H,2-4,7-10H2,1H3. The van der Waals surface area contributed by atoms with Crippen molar-refractivity contribution in [3.8, 4) is 0 Å². The summed E-state index contributed by atoms with van der Waals surface area (Å²) in [6, 6.07) is 5.66. The van der Waals surface area contributed by atoms with Gasteiger partial charge in [-0.25, -0.2) is 4.98 Å². The molecule has 1 saturated heterocycles. The van der Waals surface area contributed by atoms with Crippen LogP contribution in [0.1, 0.15) is 29.6 Å². The fourth-order valence-corrected chi connectivity index (χ4v) is 3.38. The number of fused-ring (bicyclic) bond motifs is 1. The van der Waals surface area contributed by atoms with Crippen LogP contribution in [0.15, 0.2) is 24.5 Å². The zero-order valence-corrected chi connectivity index (χ0v) is 13.9. The molecule has 126 valence electrons. The summed E-state index contributed by atoms with van der Waals surface area (Å²) in [6.45, 7) is 2.72. The van der Waals surface area contributed by atoms with Gasteiger partial charge in [0.2, 0.25) is 5.91 Å². The van der Waals surface area contributed by atoms with Gasteiger partial charge in [-0.3, -0.25) is 9.59 Å². The average molecular weight is 326 g/mol. The number of imidazole rings is 1. The first kappa shape index (κ1) is 15.2. The van der Waals surface area contributed by atoms with Crippen LogP contribution in [0.2, 0.25) is 0 Å². The number of nitrogens with zero attached hydrogens (tertiary/aromatic N) is 4. The van der Waals surface area contributed by atoms with Gasteiger partial charge in [0.1, 0.15) is 0 Å². The van der Waals surface area contributed by atoms with Gasteiger partial charge in [0.25, 0.3) is 5.91 Å². The summed E-state index contributed by atoms with van der Waals surface area (Å²) in [5, 5.41) is 0. The molecule has 1 saturated carbocycles. The van der Waals surface area contributed by atoms with Crippen molar-refractivity contribution in [1.29, 1.82) is 0 Å². The molecular weight excluding hydrogens is 304 g/mol. The Balaban J connectivity index is 1.47. The largest absolute Gasteiger partial charge is 0.341 e. The lowest BCUT2D eigenvalue weighted by atomic mass is 10.1. The van der Waals surface area contributed by atoms with E-state index in [2.05, 4.69) is 4.98 Å². The molecule has 1 aliphatic heterocycles. The normalized spacial score (nSPS) is 18.7. The van der Waals surface area contributed by atoms with Crippen molar-refractivity contribution in [1.82, 2.24) is 19.4 Å². The first-order valence-corrected chi connectivity index (χ1v) is 8.62.